The molecule has 3 nitrogen and oxygen atoms in total. The van der Waals surface area contributed by atoms with Crippen molar-refractivity contribution in [3.8, 4) is 11.5 Å². The Morgan fingerprint density at radius 2 is 2.05 bits per heavy atom. The molecule has 2 aromatic rings. The van der Waals surface area contributed by atoms with Crippen LogP contribution in [-0.4, -0.2) is 11.7 Å². The fourth-order valence-electron chi connectivity index (χ4n) is 1.80. The normalized spacial score (nSPS) is 10.4. The Balaban J connectivity index is 1.99. The fraction of sp³-hybridized carbons (Fsp3) is 0.250. The number of halogens is 2. The molecule has 112 valence electrons. The summed E-state index contributed by atoms with van der Waals surface area (Å²) in [5.74, 6) is 0.940. The van der Waals surface area contributed by atoms with Crippen molar-refractivity contribution in [1.82, 2.24) is 0 Å². The first-order valence-corrected chi connectivity index (χ1v) is 7.91. The number of nitrogens with one attached hydrogen (secondary N) is 1. The van der Waals surface area contributed by atoms with Crippen molar-refractivity contribution in [3.05, 3.63) is 51.5 Å². The number of benzene rings is 2. The highest BCUT2D eigenvalue weighted by atomic mass is 79.9. The molecule has 0 aliphatic rings. The van der Waals surface area contributed by atoms with Crippen LogP contribution in [0.4, 0.5) is 5.69 Å². The third-order valence-corrected chi connectivity index (χ3v) is 3.83. The van der Waals surface area contributed by atoms with Crippen LogP contribution in [-0.2, 0) is 6.54 Å². The number of phenolic OH excluding ortho intramolecular Hbond substituents is 1. The highest BCUT2D eigenvalue weighted by Gasteiger charge is 2.04. The molecule has 0 spiro atoms. The third kappa shape index (κ3) is 4.55. The number of rotatable bonds is 6. The second kappa shape index (κ2) is 7.57. The molecule has 2 N–H and O–H groups in total. The summed E-state index contributed by atoms with van der Waals surface area (Å²) in [6.45, 7) is 3.36. The molecular formula is C16H17BrClNO2. The van der Waals surface area contributed by atoms with Crippen LogP contribution in [0, 0.1) is 0 Å². The average Bonchev–Trinajstić information content (AvgIpc) is 2.47. The Kier molecular flexibility index (Phi) is 5.76. The summed E-state index contributed by atoms with van der Waals surface area (Å²) in [7, 11) is 0. The molecular weight excluding hydrogens is 354 g/mol. The van der Waals surface area contributed by atoms with Gasteiger partial charge in [0.2, 0.25) is 0 Å². The van der Waals surface area contributed by atoms with Gasteiger partial charge >= 0.3 is 0 Å². The van der Waals surface area contributed by atoms with Crippen LogP contribution in [0.2, 0.25) is 5.02 Å². The third-order valence-electron chi connectivity index (χ3n) is 2.90. The van der Waals surface area contributed by atoms with Crippen molar-refractivity contribution in [3.63, 3.8) is 0 Å². The smallest absolute Gasteiger partial charge is 0.138 e. The molecule has 0 unspecified atom stereocenters. The minimum atomic E-state index is 0.235. The number of hydrogen-bond acceptors (Lipinski definition) is 3. The lowest BCUT2D eigenvalue weighted by atomic mass is 10.2. The summed E-state index contributed by atoms with van der Waals surface area (Å²) in [5, 5.41) is 13.4. The maximum Gasteiger partial charge on any atom is 0.138 e. The molecule has 0 aromatic heterocycles. The van der Waals surface area contributed by atoms with E-state index in [1.807, 2.05) is 30.3 Å². The van der Waals surface area contributed by atoms with Gasteiger partial charge in [0.25, 0.3) is 0 Å². The first-order chi connectivity index (χ1) is 10.1. The second-order valence-corrected chi connectivity index (χ2v) is 5.89. The van der Waals surface area contributed by atoms with E-state index in [0.717, 1.165) is 17.7 Å². The van der Waals surface area contributed by atoms with Gasteiger partial charge in [0.15, 0.2) is 0 Å². The van der Waals surface area contributed by atoms with Crippen LogP contribution in [0.5, 0.6) is 11.5 Å². The van der Waals surface area contributed by atoms with Crippen LogP contribution in [0.25, 0.3) is 0 Å². The minimum absolute atomic E-state index is 0.235. The van der Waals surface area contributed by atoms with Crippen molar-refractivity contribution in [2.45, 2.75) is 19.9 Å². The van der Waals surface area contributed by atoms with Crippen molar-refractivity contribution in [2.75, 3.05) is 11.9 Å². The van der Waals surface area contributed by atoms with E-state index in [1.54, 1.807) is 6.07 Å². The van der Waals surface area contributed by atoms with E-state index in [1.165, 1.54) is 0 Å². The van der Waals surface area contributed by atoms with Gasteiger partial charge < -0.3 is 15.2 Å². The van der Waals surface area contributed by atoms with E-state index in [0.29, 0.717) is 28.4 Å². The van der Waals surface area contributed by atoms with Crippen LogP contribution < -0.4 is 10.1 Å². The predicted molar refractivity (Wildman–Crippen MR) is 90.4 cm³/mol. The van der Waals surface area contributed by atoms with Gasteiger partial charge in [-0.05, 0) is 58.2 Å². The standard InChI is InChI=1S/C16H17BrClNO2/c1-2-7-21-16-6-4-12(9-14(16)18)19-10-11-3-5-15(20)13(17)8-11/h3-6,8-9,19-20H,2,7,10H2,1H3. The number of phenols is 1. The molecule has 0 radical (unpaired) electrons. The molecule has 0 aliphatic carbocycles. The van der Waals surface area contributed by atoms with Crippen molar-refractivity contribution in [1.29, 1.82) is 0 Å². The van der Waals surface area contributed by atoms with Gasteiger partial charge in [0, 0.05) is 12.2 Å². The Labute approximate surface area is 138 Å². The van der Waals surface area contributed by atoms with E-state index in [9.17, 15) is 5.11 Å². The average molecular weight is 371 g/mol. The summed E-state index contributed by atoms with van der Waals surface area (Å²) < 4.78 is 6.22. The molecule has 0 heterocycles. The predicted octanol–water partition coefficient (Wildman–Crippen LogP) is 5.21. The molecule has 2 rings (SSSR count). The molecule has 0 amide bonds. The van der Waals surface area contributed by atoms with E-state index in [4.69, 9.17) is 16.3 Å². The zero-order valence-corrected chi connectivity index (χ0v) is 14.0. The SMILES string of the molecule is CCCOc1ccc(NCc2ccc(O)c(Br)c2)cc1Cl. The quantitative estimate of drug-likeness (QED) is 0.733. The number of aromatic hydroxyl groups is 1. The second-order valence-electron chi connectivity index (χ2n) is 4.63. The first-order valence-electron chi connectivity index (χ1n) is 6.73. The monoisotopic (exact) mass is 369 g/mol. The van der Waals surface area contributed by atoms with Crippen LogP contribution >= 0.6 is 27.5 Å². The van der Waals surface area contributed by atoms with Crippen molar-refractivity contribution >= 4 is 33.2 Å². The van der Waals surface area contributed by atoms with Crippen molar-refractivity contribution < 1.29 is 9.84 Å². The Hall–Kier alpha value is -1.39. The summed E-state index contributed by atoms with van der Waals surface area (Å²) in [6, 6.07) is 11.1. The molecule has 5 heteroatoms. The molecule has 0 bridgehead atoms. The van der Waals surface area contributed by atoms with Crippen LogP contribution in [0.15, 0.2) is 40.9 Å². The van der Waals surface area contributed by atoms with E-state index in [2.05, 4.69) is 28.2 Å². The zero-order valence-electron chi connectivity index (χ0n) is 11.7. The molecule has 0 atom stereocenters. The highest BCUT2D eigenvalue weighted by molar-refractivity contribution is 9.10. The number of anilines is 1. The maximum atomic E-state index is 9.47. The van der Waals surface area contributed by atoms with Crippen LogP contribution in [0.1, 0.15) is 18.9 Å². The minimum Gasteiger partial charge on any atom is -0.507 e. The number of ether oxygens (including phenoxy) is 1. The Morgan fingerprint density at radius 3 is 2.71 bits per heavy atom. The van der Waals surface area contributed by atoms with Crippen molar-refractivity contribution in [2.24, 2.45) is 0 Å². The van der Waals surface area contributed by atoms with Gasteiger partial charge in [0.1, 0.15) is 11.5 Å². The van der Waals surface area contributed by atoms with Gasteiger partial charge in [-0.15, -0.1) is 0 Å². The maximum absolute atomic E-state index is 9.47. The molecule has 0 saturated heterocycles. The van der Waals surface area contributed by atoms with E-state index in [-0.39, 0.29) is 5.75 Å². The first kappa shape index (κ1) is 16.0. The lowest BCUT2D eigenvalue weighted by Gasteiger charge is -2.11. The molecule has 0 aliphatic heterocycles. The molecule has 0 fully saturated rings. The van der Waals surface area contributed by atoms with Gasteiger partial charge in [-0.1, -0.05) is 24.6 Å². The summed E-state index contributed by atoms with van der Waals surface area (Å²) in [4.78, 5) is 0. The zero-order chi connectivity index (χ0) is 15.2. The van der Waals surface area contributed by atoms with Gasteiger partial charge in [-0.25, -0.2) is 0 Å². The Bertz CT molecular complexity index is 619. The highest BCUT2D eigenvalue weighted by Crippen LogP contribution is 2.28. The summed E-state index contributed by atoms with van der Waals surface area (Å²) >= 11 is 9.49. The number of hydrogen-bond donors (Lipinski definition) is 2. The lowest BCUT2D eigenvalue weighted by Crippen LogP contribution is -2.00. The molecule has 2 aromatic carbocycles. The summed E-state index contributed by atoms with van der Waals surface area (Å²) in [6.07, 6.45) is 0.950. The molecule has 21 heavy (non-hydrogen) atoms. The summed E-state index contributed by atoms with van der Waals surface area (Å²) in [5.41, 5.74) is 1.98. The van der Waals surface area contributed by atoms with E-state index < -0.39 is 0 Å². The molecule has 0 saturated carbocycles. The topological polar surface area (TPSA) is 41.5 Å². The Morgan fingerprint density at radius 1 is 1.24 bits per heavy atom. The van der Waals surface area contributed by atoms with Gasteiger partial charge in [-0.3, -0.25) is 0 Å². The van der Waals surface area contributed by atoms with E-state index >= 15 is 0 Å². The fourth-order valence-corrected chi connectivity index (χ4v) is 2.47. The van der Waals surface area contributed by atoms with Crippen LogP contribution in [0.3, 0.4) is 0 Å². The van der Waals surface area contributed by atoms with Gasteiger partial charge in [0.05, 0.1) is 16.1 Å². The van der Waals surface area contributed by atoms with Gasteiger partial charge in [-0.2, -0.15) is 0 Å². The lowest BCUT2D eigenvalue weighted by molar-refractivity contribution is 0.317. The largest absolute Gasteiger partial charge is 0.507 e.